The first-order chi connectivity index (χ1) is 14.1. The number of carbonyl (C=O) groups is 2. The lowest BCUT2D eigenvalue weighted by molar-refractivity contribution is -0.132. The van der Waals surface area contributed by atoms with Crippen molar-refractivity contribution in [1.82, 2.24) is 9.80 Å². The van der Waals surface area contributed by atoms with Gasteiger partial charge in [-0.2, -0.15) is 0 Å². The number of amides is 2. The Bertz CT molecular complexity index is 1090. The summed E-state index contributed by atoms with van der Waals surface area (Å²) in [4.78, 5) is 30.0. The van der Waals surface area contributed by atoms with Crippen molar-refractivity contribution in [3.05, 3.63) is 83.4 Å². The lowest BCUT2D eigenvalue weighted by atomic mass is 10.0. The van der Waals surface area contributed by atoms with E-state index in [0.717, 1.165) is 33.9 Å². The number of fused-ring (bicyclic) bond motifs is 3. The molecule has 4 nitrogen and oxygen atoms in total. The Labute approximate surface area is 170 Å². The van der Waals surface area contributed by atoms with Crippen molar-refractivity contribution in [3.8, 4) is 0 Å². The van der Waals surface area contributed by atoms with E-state index in [2.05, 4.69) is 12.1 Å². The molecule has 0 aromatic heterocycles. The van der Waals surface area contributed by atoms with E-state index in [1.807, 2.05) is 71.3 Å². The van der Waals surface area contributed by atoms with Gasteiger partial charge in [-0.15, -0.1) is 0 Å². The molecule has 0 spiro atoms. The molecule has 0 aliphatic carbocycles. The molecule has 2 amide bonds. The summed E-state index contributed by atoms with van der Waals surface area (Å²) in [5.41, 5.74) is 2.83. The molecule has 2 fully saturated rings. The van der Waals surface area contributed by atoms with Gasteiger partial charge in [-0.25, -0.2) is 0 Å². The molecular formula is C25H24N2O2. The Balaban J connectivity index is 1.31. The van der Waals surface area contributed by atoms with Crippen molar-refractivity contribution < 1.29 is 9.59 Å². The second kappa shape index (κ2) is 7.03. The van der Waals surface area contributed by atoms with Gasteiger partial charge in [0, 0.05) is 18.7 Å². The van der Waals surface area contributed by atoms with Gasteiger partial charge in [0.25, 0.3) is 5.91 Å². The summed E-state index contributed by atoms with van der Waals surface area (Å²) in [6.07, 6.45) is 1.32. The lowest BCUT2D eigenvalue weighted by Gasteiger charge is -2.34. The minimum absolute atomic E-state index is 0.0934. The summed E-state index contributed by atoms with van der Waals surface area (Å²) in [6.45, 7) is 3.29. The maximum absolute atomic E-state index is 13.3. The quantitative estimate of drug-likeness (QED) is 0.689. The molecule has 3 aromatic carbocycles. The number of hydrogen-bond donors (Lipinski definition) is 0. The van der Waals surface area contributed by atoms with Gasteiger partial charge < -0.3 is 9.80 Å². The fourth-order valence-electron chi connectivity index (χ4n) is 4.83. The van der Waals surface area contributed by atoms with Crippen LogP contribution >= 0.6 is 0 Å². The minimum Gasteiger partial charge on any atom is -0.335 e. The molecule has 29 heavy (non-hydrogen) atoms. The highest BCUT2D eigenvalue weighted by Crippen LogP contribution is 2.33. The molecule has 0 saturated carbocycles. The molecule has 4 heteroatoms. The summed E-state index contributed by atoms with van der Waals surface area (Å²) in [7, 11) is 0. The Kier molecular flexibility index (Phi) is 4.35. The first kappa shape index (κ1) is 17.9. The van der Waals surface area contributed by atoms with Crippen molar-refractivity contribution in [2.45, 2.75) is 31.8 Å². The largest absolute Gasteiger partial charge is 0.335 e. The highest BCUT2D eigenvalue weighted by molar-refractivity contribution is 6.00. The van der Waals surface area contributed by atoms with E-state index < -0.39 is 0 Å². The Morgan fingerprint density at radius 3 is 2.17 bits per heavy atom. The second-order valence-corrected chi connectivity index (χ2v) is 8.22. The predicted octanol–water partition coefficient (Wildman–Crippen LogP) is 3.82. The van der Waals surface area contributed by atoms with Crippen LogP contribution in [0.1, 0.15) is 27.9 Å². The molecule has 2 aliphatic heterocycles. The van der Waals surface area contributed by atoms with Crippen LogP contribution < -0.4 is 0 Å². The predicted molar refractivity (Wildman–Crippen MR) is 114 cm³/mol. The summed E-state index contributed by atoms with van der Waals surface area (Å²) in [5, 5.41) is 2.24. The van der Waals surface area contributed by atoms with Gasteiger partial charge in [-0.3, -0.25) is 9.59 Å². The Morgan fingerprint density at radius 2 is 1.48 bits per heavy atom. The molecule has 2 bridgehead atoms. The second-order valence-electron chi connectivity index (χ2n) is 8.22. The van der Waals surface area contributed by atoms with Crippen molar-refractivity contribution in [2.75, 3.05) is 13.1 Å². The van der Waals surface area contributed by atoms with E-state index >= 15 is 0 Å². The van der Waals surface area contributed by atoms with Gasteiger partial charge in [-0.1, -0.05) is 60.7 Å². The van der Waals surface area contributed by atoms with Gasteiger partial charge in [-0.05, 0) is 41.3 Å². The van der Waals surface area contributed by atoms with E-state index in [9.17, 15) is 9.59 Å². The molecule has 5 rings (SSSR count). The highest BCUT2D eigenvalue weighted by atomic mass is 16.2. The summed E-state index contributed by atoms with van der Waals surface area (Å²) >= 11 is 0. The molecule has 2 saturated heterocycles. The van der Waals surface area contributed by atoms with Crippen LogP contribution in [0.3, 0.4) is 0 Å². The average Bonchev–Trinajstić information content (AvgIpc) is 3.34. The first-order valence-corrected chi connectivity index (χ1v) is 10.2. The van der Waals surface area contributed by atoms with Crippen molar-refractivity contribution in [1.29, 1.82) is 0 Å². The maximum Gasteiger partial charge on any atom is 0.254 e. The van der Waals surface area contributed by atoms with Gasteiger partial charge in [0.1, 0.15) is 0 Å². The topological polar surface area (TPSA) is 40.6 Å². The highest BCUT2D eigenvalue weighted by Gasteiger charge is 2.47. The lowest BCUT2D eigenvalue weighted by Crippen LogP contribution is -2.51. The zero-order valence-electron chi connectivity index (χ0n) is 16.5. The van der Waals surface area contributed by atoms with Gasteiger partial charge >= 0.3 is 0 Å². The molecule has 0 radical (unpaired) electrons. The molecular weight excluding hydrogens is 360 g/mol. The number of nitrogens with zero attached hydrogens (tertiary/aromatic N) is 2. The van der Waals surface area contributed by atoms with Crippen LogP contribution in [-0.4, -0.2) is 46.8 Å². The normalized spacial score (nSPS) is 20.4. The van der Waals surface area contributed by atoms with Crippen LogP contribution in [0.15, 0.2) is 66.7 Å². The van der Waals surface area contributed by atoms with Crippen LogP contribution in [0.25, 0.3) is 10.8 Å². The van der Waals surface area contributed by atoms with E-state index in [4.69, 9.17) is 0 Å². The van der Waals surface area contributed by atoms with E-state index in [-0.39, 0.29) is 23.9 Å². The monoisotopic (exact) mass is 384 g/mol. The van der Waals surface area contributed by atoms with Gasteiger partial charge in [0.2, 0.25) is 5.91 Å². The van der Waals surface area contributed by atoms with Crippen molar-refractivity contribution >= 4 is 22.6 Å². The Hall–Kier alpha value is -3.14. The third-order valence-corrected chi connectivity index (χ3v) is 6.34. The molecule has 146 valence electrons. The fraction of sp³-hybridized carbons (Fsp3) is 0.280. The standard InChI is InChI=1S/C25H24N2O2/c1-17-11-19-9-5-6-10-20(19)13-23(17)25(29)27-16-21-14-22(27)15-26(21)24(28)12-18-7-3-2-4-8-18/h2-11,13,21-22H,12,14-16H2,1H3/t21-,22-/m0/s1. The zero-order chi connectivity index (χ0) is 20.0. The molecule has 3 aromatic rings. The zero-order valence-corrected chi connectivity index (χ0v) is 16.5. The first-order valence-electron chi connectivity index (χ1n) is 10.2. The number of rotatable bonds is 3. The number of piperazine rings is 1. The van der Waals surface area contributed by atoms with Crippen LogP contribution in [0.4, 0.5) is 0 Å². The average molecular weight is 384 g/mol. The minimum atomic E-state index is 0.0934. The van der Waals surface area contributed by atoms with E-state index in [1.54, 1.807) is 0 Å². The smallest absolute Gasteiger partial charge is 0.254 e. The number of benzene rings is 3. The number of carbonyl (C=O) groups excluding carboxylic acids is 2. The van der Waals surface area contributed by atoms with Crippen LogP contribution in [0.2, 0.25) is 0 Å². The molecule has 2 aliphatic rings. The van der Waals surface area contributed by atoms with Crippen molar-refractivity contribution in [3.63, 3.8) is 0 Å². The molecule has 0 N–H and O–H groups in total. The summed E-state index contributed by atoms with van der Waals surface area (Å²) in [6, 6.07) is 22.4. The number of aryl methyl sites for hydroxylation is 1. The fourth-order valence-corrected chi connectivity index (χ4v) is 4.83. The number of hydrogen-bond acceptors (Lipinski definition) is 2. The molecule has 0 unspecified atom stereocenters. The van der Waals surface area contributed by atoms with E-state index in [0.29, 0.717) is 19.5 Å². The third kappa shape index (κ3) is 3.19. The van der Waals surface area contributed by atoms with Gasteiger partial charge in [0.15, 0.2) is 0 Å². The van der Waals surface area contributed by atoms with Crippen molar-refractivity contribution in [2.24, 2.45) is 0 Å². The Morgan fingerprint density at radius 1 is 0.862 bits per heavy atom. The van der Waals surface area contributed by atoms with Gasteiger partial charge in [0.05, 0.1) is 18.5 Å². The van der Waals surface area contributed by atoms with Crippen LogP contribution in [-0.2, 0) is 11.2 Å². The number of likely N-dealkylation sites (tertiary alicyclic amines) is 2. The SMILES string of the molecule is Cc1cc2ccccc2cc1C(=O)N1C[C@@H]2C[C@H]1CN2C(=O)Cc1ccccc1. The van der Waals surface area contributed by atoms with Crippen LogP contribution in [0, 0.1) is 6.92 Å². The van der Waals surface area contributed by atoms with Crippen LogP contribution in [0.5, 0.6) is 0 Å². The maximum atomic E-state index is 13.3. The molecule has 2 atom stereocenters. The molecule has 2 heterocycles. The summed E-state index contributed by atoms with van der Waals surface area (Å²) in [5.74, 6) is 0.258. The van der Waals surface area contributed by atoms with E-state index in [1.165, 1.54) is 0 Å². The summed E-state index contributed by atoms with van der Waals surface area (Å²) < 4.78 is 0. The third-order valence-electron chi connectivity index (χ3n) is 6.34.